The van der Waals surface area contributed by atoms with E-state index in [1.165, 1.54) is 77.0 Å². The average molecular weight is 1450 g/mol. The maximum atomic E-state index is 12.6. The summed E-state index contributed by atoms with van der Waals surface area (Å²) in [6.45, 7) is 55.7. The van der Waals surface area contributed by atoms with Crippen molar-refractivity contribution in [2.75, 3.05) is 20.4 Å². The van der Waals surface area contributed by atoms with E-state index < -0.39 is 55.5 Å². The summed E-state index contributed by atoms with van der Waals surface area (Å²) in [6, 6.07) is 0. The van der Waals surface area contributed by atoms with Crippen molar-refractivity contribution in [2.24, 2.45) is 71.0 Å². The predicted molar refractivity (Wildman–Crippen MR) is 422 cm³/mol. The van der Waals surface area contributed by atoms with E-state index in [9.17, 15) is 30.7 Å². The van der Waals surface area contributed by atoms with E-state index in [2.05, 4.69) is 34.6 Å². The van der Waals surface area contributed by atoms with Crippen LogP contribution >= 0.6 is 0 Å². The maximum Gasteiger partial charge on any atom is 0.241 e. The first-order chi connectivity index (χ1) is 47.3. The average Bonchev–Trinajstić information content (AvgIpc) is 1.99. The fourth-order valence-electron chi connectivity index (χ4n) is 12.4. The Labute approximate surface area is 614 Å². The molecule has 0 spiro atoms. The lowest BCUT2D eigenvalue weighted by Gasteiger charge is -2.25. The van der Waals surface area contributed by atoms with Gasteiger partial charge in [0.15, 0.2) is 0 Å². The van der Waals surface area contributed by atoms with Crippen molar-refractivity contribution < 1.29 is 66.1 Å². The molecule has 0 radical (unpaired) electrons. The molecule has 0 aromatic rings. The van der Waals surface area contributed by atoms with E-state index in [0.717, 1.165) is 101 Å². The molecule has 612 valence electrons. The van der Waals surface area contributed by atoms with Gasteiger partial charge in [0.1, 0.15) is 24.7 Å². The largest absolute Gasteiger partial charge is 0.396 e. The van der Waals surface area contributed by atoms with Gasteiger partial charge >= 0.3 is 0 Å². The highest BCUT2D eigenvalue weighted by Gasteiger charge is 2.30. The Morgan fingerprint density at radius 2 is 0.495 bits per heavy atom. The Bertz CT molecular complexity index is 1260. The van der Waals surface area contributed by atoms with Gasteiger partial charge in [0.2, 0.25) is 6.43 Å². The quantitative estimate of drug-likeness (QED) is 0.155. The highest BCUT2D eigenvalue weighted by atomic mass is 19.3. The molecule has 0 heterocycles. The second-order valence-electron chi connectivity index (χ2n) is 28.0. The third-order valence-electron chi connectivity index (χ3n) is 19.4. The van der Waals surface area contributed by atoms with Crippen LogP contribution in [0.1, 0.15) is 392 Å². The Morgan fingerprint density at radius 1 is 0.293 bits per heavy atom. The number of rotatable bonds is 4. The van der Waals surface area contributed by atoms with Crippen LogP contribution in [0.3, 0.4) is 0 Å². The number of hydrogen-bond acceptors (Lipinski definition) is 7. The molecule has 14 heteroatoms. The van der Waals surface area contributed by atoms with Crippen LogP contribution in [0.15, 0.2) is 0 Å². The summed E-state index contributed by atoms with van der Waals surface area (Å²) in [5.41, 5.74) is 0. The number of methoxy groups -OCH3 is 1. The van der Waals surface area contributed by atoms with Gasteiger partial charge in [-0.05, 0) is 232 Å². The predicted octanol–water partition coefficient (Wildman–Crippen LogP) is 26.7. The summed E-state index contributed by atoms with van der Waals surface area (Å²) in [7, 11) is 1.82. The zero-order valence-corrected chi connectivity index (χ0v) is 71.1. The standard InChI is InChI=1S/C8H14F2.C8H15F.2C8H16O.4C7H13FO.C7H14O.9C2H6/c1-6-2-4-7(5-3-6)8(9)10;1-7-2-4-8(6-9)5-3-7;1-7-3-5-8(9-2)6-4-7;1-7-2-4-8(6-9)5-3-7;4*1-5-2-3-7(9)6(8)4-5;1-6-2-4-7(8)5-3-6;9*1-2/h6-8H,2-5H2,1H3;7-8H,2-6H2,1H3;7-8H,3-6H2,1-2H3;7-9H,2-6H2,1H3;4*5-7,9H,2-4H2,1H3;6-8H,2-5H2,1H3;9*1-2H3/t;;;;2*5-,6+,7-;2*5-,6-,7-;;;;;;;;;;/m....1010........../s1. The van der Waals surface area contributed by atoms with Gasteiger partial charge in [-0.2, -0.15) is 0 Å². The second-order valence-corrected chi connectivity index (χ2v) is 28.0. The van der Waals surface area contributed by atoms with Gasteiger partial charge in [-0.1, -0.05) is 225 Å². The van der Waals surface area contributed by atoms with Gasteiger partial charge in [-0.3, -0.25) is 4.39 Å². The number of aliphatic hydroxyl groups is 6. The summed E-state index contributed by atoms with van der Waals surface area (Å²) < 4.78 is 91.7. The molecule has 7 nitrogen and oxygen atoms in total. The van der Waals surface area contributed by atoms with Crippen LogP contribution in [0.2, 0.25) is 0 Å². The number of hydrogen-bond donors (Lipinski definition) is 6. The normalized spacial score (nSPS) is 33.6. The lowest BCUT2D eigenvalue weighted by Crippen LogP contribution is -2.29. The first-order valence-electron chi connectivity index (χ1n) is 42.2. The van der Waals surface area contributed by atoms with Crippen LogP contribution in [-0.4, -0.2) is 119 Å². The third-order valence-corrected chi connectivity index (χ3v) is 19.4. The molecule has 0 aromatic heterocycles. The fourth-order valence-corrected chi connectivity index (χ4v) is 12.4. The summed E-state index contributed by atoms with van der Waals surface area (Å²) in [4.78, 5) is 0. The number of halogens is 7. The van der Waals surface area contributed by atoms with Crippen LogP contribution < -0.4 is 0 Å². The van der Waals surface area contributed by atoms with Crippen molar-refractivity contribution in [2.45, 2.75) is 460 Å². The zero-order valence-electron chi connectivity index (χ0n) is 71.1. The van der Waals surface area contributed by atoms with E-state index in [1.807, 2.05) is 159 Å². The third kappa shape index (κ3) is 71.3. The smallest absolute Gasteiger partial charge is 0.241 e. The molecular formula is C85H181F7O7. The van der Waals surface area contributed by atoms with E-state index in [0.29, 0.717) is 106 Å². The van der Waals surface area contributed by atoms with Crippen molar-refractivity contribution in [3.05, 3.63) is 0 Å². The minimum atomic E-state index is -2.08. The molecule has 9 fully saturated rings. The maximum absolute atomic E-state index is 12.6. The van der Waals surface area contributed by atoms with Crippen molar-refractivity contribution in [1.82, 2.24) is 0 Å². The number of ether oxygens (including phenoxy) is 1. The van der Waals surface area contributed by atoms with Crippen molar-refractivity contribution in [3.63, 3.8) is 0 Å². The topological polar surface area (TPSA) is 131 Å². The van der Waals surface area contributed by atoms with Crippen molar-refractivity contribution in [1.29, 1.82) is 0 Å². The van der Waals surface area contributed by atoms with Crippen LogP contribution in [0.25, 0.3) is 0 Å². The van der Waals surface area contributed by atoms with Gasteiger partial charge in [0.25, 0.3) is 0 Å². The van der Waals surface area contributed by atoms with Gasteiger partial charge in [0, 0.05) is 19.6 Å². The zero-order chi connectivity index (χ0) is 79.0. The molecule has 9 rings (SSSR count). The van der Waals surface area contributed by atoms with Crippen molar-refractivity contribution >= 4 is 0 Å². The molecule has 12 atom stereocenters. The lowest BCUT2D eigenvalue weighted by molar-refractivity contribution is 0.0278. The Hall–Kier alpha value is -0.770. The molecule has 9 aliphatic carbocycles. The minimum Gasteiger partial charge on any atom is -0.396 e. The molecule has 0 aliphatic heterocycles. The summed E-state index contributed by atoms with van der Waals surface area (Å²) >= 11 is 0. The van der Waals surface area contributed by atoms with Crippen LogP contribution in [0, 0.1) is 71.0 Å². The number of aliphatic hydroxyl groups excluding tert-OH is 6. The molecule has 9 aliphatic rings. The monoisotopic (exact) mass is 1450 g/mol. The summed E-state index contributed by atoms with van der Waals surface area (Å²) in [5, 5.41) is 53.5. The number of alkyl halides is 7. The SMILES string of the molecule is CC.CC.CC.CC.CC.CC.CC.CC.CC.CC1CCC(C(F)F)CC1.CC1CCC(CF)CC1.CC1CCC(CO)CC1.CC1CCC(O)CC1.COC1CCC(C)CC1.C[C@@H]1CC[C@@H](O)[C@@H](F)C1.C[C@@H]1CC[C@@H](O)[C@H](F)C1.C[C@H]1CC[C@H](O)[C@@H](F)C1.C[C@H]1CC[C@H](O)[C@H](F)C1. The van der Waals surface area contributed by atoms with E-state index in [1.54, 1.807) is 0 Å². The molecule has 9 saturated carbocycles. The molecule has 0 aromatic carbocycles. The van der Waals surface area contributed by atoms with Crippen molar-refractivity contribution in [3.8, 4) is 0 Å². The molecule has 0 saturated heterocycles. The fraction of sp³-hybridized carbons (Fsp3) is 1.00. The Kier molecular flexibility index (Phi) is 99.5. The summed E-state index contributed by atoms with van der Waals surface area (Å²) in [6.07, 6.45) is 23.7. The van der Waals surface area contributed by atoms with Gasteiger partial charge in [0.05, 0.1) is 43.3 Å². The first kappa shape index (κ1) is 117. The highest BCUT2D eigenvalue weighted by molar-refractivity contribution is 4.80. The molecule has 0 unspecified atom stereocenters. The Morgan fingerprint density at radius 3 is 0.677 bits per heavy atom. The highest BCUT2D eigenvalue weighted by Crippen LogP contribution is 2.34. The molecule has 6 N–H and O–H groups in total. The Balaban J connectivity index is -0.000000128. The lowest BCUT2D eigenvalue weighted by atomic mass is 9.83. The van der Waals surface area contributed by atoms with Crippen LogP contribution in [0.5, 0.6) is 0 Å². The van der Waals surface area contributed by atoms with E-state index in [-0.39, 0.29) is 18.7 Å². The van der Waals surface area contributed by atoms with Gasteiger partial charge in [-0.15, -0.1) is 0 Å². The van der Waals surface area contributed by atoms with Gasteiger partial charge in [-0.25, -0.2) is 26.3 Å². The molecule has 0 bridgehead atoms. The van der Waals surface area contributed by atoms with E-state index in [4.69, 9.17) is 35.4 Å². The van der Waals surface area contributed by atoms with Gasteiger partial charge < -0.3 is 35.4 Å². The van der Waals surface area contributed by atoms with Crippen LogP contribution in [-0.2, 0) is 4.74 Å². The molecular weight excluding hydrogens is 1270 g/mol. The summed E-state index contributed by atoms with van der Waals surface area (Å²) in [5.74, 6) is 6.82. The van der Waals surface area contributed by atoms with Crippen LogP contribution in [0.4, 0.5) is 30.7 Å². The molecule has 0 amide bonds. The molecule has 99 heavy (non-hydrogen) atoms. The van der Waals surface area contributed by atoms with E-state index >= 15 is 0 Å². The second kappa shape index (κ2) is 84.5. The first-order valence-corrected chi connectivity index (χ1v) is 42.2. The minimum absolute atomic E-state index is 0.0196.